The SMILES string of the molecule is O=C1CCOCC1[C@@H](O)c1ccc([N+](=O)[O-])cc1. The van der Waals surface area contributed by atoms with Gasteiger partial charge in [0.25, 0.3) is 5.69 Å². The first-order valence-electron chi connectivity index (χ1n) is 5.62. The molecule has 2 rings (SSSR count). The molecule has 1 fully saturated rings. The van der Waals surface area contributed by atoms with Gasteiger partial charge in [-0.05, 0) is 17.7 Å². The average Bonchev–Trinajstić information content (AvgIpc) is 2.38. The topological polar surface area (TPSA) is 89.7 Å². The molecule has 0 saturated carbocycles. The summed E-state index contributed by atoms with van der Waals surface area (Å²) in [6.45, 7) is 0.583. The molecule has 1 aromatic rings. The van der Waals surface area contributed by atoms with Crippen LogP contribution in [0.15, 0.2) is 24.3 Å². The molecule has 0 bridgehead atoms. The first-order valence-corrected chi connectivity index (χ1v) is 5.62. The summed E-state index contributed by atoms with van der Waals surface area (Å²) >= 11 is 0. The Kier molecular flexibility index (Phi) is 3.69. The number of hydrogen-bond acceptors (Lipinski definition) is 5. The molecule has 96 valence electrons. The van der Waals surface area contributed by atoms with E-state index in [9.17, 15) is 20.0 Å². The molecule has 1 N–H and O–H groups in total. The van der Waals surface area contributed by atoms with Crippen molar-refractivity contribution < 1.29 is 19.6 Å². The van der Waals surface area contributed by atoms with Gasteiger partial charge in [0.2, 0.25) is 0 Å². The van der Waals surface area contributed by atoms with Crippen molar-refractivity contribution in [2.24, 2.45) is 5.92 Å². The highest BCUT2D eigenvalue weighted by Gasteiger charge is 2.30. The summed E-state index contributed by atoms with van der Waals surface area (Å²) < 4.78 is 5.17. The zero-order valence-corrected chi connectivity index (χ0v) is 9.61. The van der Waals surface area contributed by atoms with Crippen LogP contribution in [0.2, 0.25) is 0 Å². The first kappa shape index (κ1) is 12.7. The fraction of sp³-hybridized carbons (Fsp3) is 0.417. The molecule has 6 nitrogen and oxygen atoms in total. The normalized spacial score (nSPS) is 21.6. The summed E-state index contributed by atoms with van der Waals surface area (Å²) in [5, 5.41) is 20.6. The van der Waals surface area contributed by atoms with Crippen molar-refractivity contribution in [3.05, 3.63) is 39.9 Å². The molecule has 1 unspecified atom stereocenters. The third kappa shape index (κ3) is 2.55. The van der Waals surface area contributed by atoms with Crippen LogP contribution in [-0.2, 0) is 9.53 Å². The van der Waals surface area contributed by atoms with E-state index >= 15 is 0 Å². The summed E-state index contributed by atoms with van der Waals surface area (Å²) in [6, 6.07) is 5.55. The van der Waals surface area contributed by atoms with Crippen LogP contribution in [-0.4, -0.2) is 29.0 Å². The largest absolute Gasteiger partial charge is 0.388 e. The number of nitro benzene ring substituents is 1. The molecular weight excluding hydrogens is 238 g/mol. The zero-order valence-electron chi connectivity index (χ0n) is 9.61. The van der Waals surface area contributed by atoms with E-state index in [0.717, 1.165) is 0 Å². The fourth-order valence-corrected chi connectivity index (χ4v) is 1.95. The average molecular weight is 251 g/mol. The summed E-state index contributed by atoms with van der Waals surface area (Å²) in [6.07, 6.45) is -0.673. The summed E-state index contributed by atoms with van der Waals surface area (Å²) in [7, 11) is 0. The lowest BCUT2D eigenvalue weighted by Crippen LogP contribution is -2.32. The Labute approximate surface area is 103 Å². The maximum atomic E-state index is 11.6. The second kappa shape index (κ2) is 5.24. The molecule has 6 heteroatoms. The molecule has 0 amide bonds. The molecule has 1 saturated heterocycles. The van der Waals surface area contributed by atoms with Gasteiger partial charge in [0.15, 0.2) is 0 Å². The number of aliphatic hydroxyl groups excluding tert-OH is 1. The molecule has 1 aliphatic rings. The third-order valence-electron chi connectivity index (χ3n) is 3.03. The number of nitro groups is 1. The number of ketones is 1. The fourth-order valence-electron chi connectivity index (χ4n) is 1.95. The minimum absolute atomic E-state index is 0.0351. The molecule has 18 heavy (non-hydrogen) atoms. The lowest BCUT2D eigenvalue weighted by molar-refractivity contribution is -0.384. The van der Waals surface area contributed by atoms with Crippen LogP contribution in [0.4, 0.5) is 5.69 Å². The van der Waals surface area contributed by atoms with Crippen LogP contribution < -0.4 is 0 Å². The van der Waals surface area contributed by atoms with Gasteiger partial charge in [0.05, 0.1) is 30.2 Å². The van der Waals surface area contributed by atoms with E-state index < -0.39 is 16.9 Å². The first-order chi connectivity index (χ1) is 8.59. The molecule has 0 spiro atoms. The van der Waals surface area contributed by atoms with Crippen LogP contribution in [0, 0.1) is 16.0 Å². The van der Waals surface area contributed by atoms with Crippen LogP contribution in [0.1, 0.15) is 18.1 Å². The number of benzene rings is 1. The smallest absolute Gasteiger partial charge is 0.269 e. The van der Waals surface area contributed by atoms with E-state index in [0.29, 0.717) is 18.6 Å². The summed E-state index contributed by atoms with van der Waals surface area (Å²) in [4.78, 5) is 21.6. The quantitative estimate of drug-likeness (QED) is 0.644. The van der Waals surface area contributed by atoms with E-state index in [2.05, 4.69) is 0 Å². The molecule has 0 aromatic heterocycles. The number of non-ortho nitro benzene ring substituents is 1. The van der Waals surface area contributed by atoms with Crippen LogP contribution in [0.25, 0.3) is 0 Å². The number of carbonyl (C=O) groups is 1. The molecule has 0 aliphatic carbocycles. The van der Waals surface area contributed by atoms with Gasteiger partial charge in [0, 0.05) is 18.6 Å². The maximum Gasteiger partial charge on any atom is 0.269 e. The van der Waals surface area contributed by atoms with Gasteiger partial charge >= 0.3 is 0 Å². The Morgan fingerprint density at radius 2 is 2.06 bits per heavy atom. The highest BCUT2D eigenvalue weighted by atomic mass is 16.6. The van der Waals surface area contributed by atoms with Crippen LogP contribution in [0.5, 0.6) is 0 Å². The van der Waals surface area contributed by atoms with E-state index in [4.69, 9.17) is 4.74 Å². The van der Waals surface area contributed by atoms with Crippen molar-refractivity contribution in [3.63, 3.8) is 0 Å². The third-order valence-corrected chi connectivity index (χ3v) is 3.03. The molecule has 1 heterocycles. The standard InChI is InChI=1S/C12H13NO5/c14-11-5-6-18-7-10(11)12(15)8-1-3-9(4-2-8)13(16)17/h1-4,10,12,15H,5-7H2/t10?,12-/m0/s1. The van der Waals surface area contributed by atoms with Crippen molar-refractivity contribution in [1.82, 2.24) is 0 Å². The minimum Gasteiger partial charge on any atom is -0.388 e. The maximum absolute atomic E-state index is 11.6. The van der Waals surface area contributed by atoms with Gasteiger partial charge in [-0.15, -0.1) is 0 Å². The van der Waals surface area contributed by atoms with E-state index in [1.165, 1.54) is 24.3 Å². The number of aliphatic hydroxyl groups is 1. The second-order valence-corrected chi connectivity index (χ2v) is 4.19. The molecule has 1 aliphatic heterocycles. The van der Waals surface area contributed by atoms with Gasteiger partial charge in [0.1, 0.15) is 5.78 Å². The van der Waals surface area contributed by atoms with Crippen molar-refractivity contribution in [2.45, 2.75) is 12.5 Å². The van der Waals surface area contributed by atoms with Crippen molar-refractivity contribution in [1.29, 1.82) is 0 Å². The Bertz CT molecular complexity index is 456. The zero-order chi connectivity index (χ0) is 13.1. The van der Waals surface area contributed by atoms with E-state index in [-0.39, 0.29) is 18.1 Å². The lowest BCUT2D eigenvalue weighted by atomic mass is 9.90. The molecular formula is C12H13NO5. The van der Waals surface area contributed by atoms with Crippen LogP contribution >= 0.6 is 0 Å². The molecule has 1 aromatic carbocycles. The Balaban J connectivity index is 2.15. The van der Waals surface area contributed by atoms with Crippen molar-refractivity contribution in [2.75, 3.05) is 13.2 Å². The van der Waals surface area contributed by atoms with Crippen molar-refractivity contribution >= 4 is 11.5 Å². The molecule has 2 atom stereocenters. The monoisotopic (exact) mass is 251 g/mol. The molecule has 0 radical (unpaired) electrons. The van der Waals surface area contributed by atoms with Crippen molar-refractivity contribution in [3.8, 4) is 0 Å². The van der Waals surface area contributed by atoms with Gasteiger partial charge in [-0.1, -0.05) is 0 Å². The summed E-state index contributed by atoms with van der Waals surface area (Å²) in [5.41, 5.74) is 0.446. The van der Waals surface area contributed by atoms with Gasteiger partial charge in [-0.2, -0.15) is 0 Å². The Hall–Kier alpha value is -1.79. The predicted molar refractivity (Wildman–Crippen MR) is 62.0 cm³/mol. The van der Waals surface area contributed by atoms with Gasteiger partial charge in [-0.3, -0.25) is 14.9 Å². The van der Waals surface area contributed by atoms with E-state index in [1.807, 2.05) is 0 Å². The second-order valence-electron chi connectivity index (χ2n) is 4.19. The highest BCUT2D eigenvalue weighted by Crippen LogP contribution is 2.27. The number of rotatable bonds is 3. The number of carbonyl (C=O) groups excluding carboxylic acids is 1. The highest BCUT2D eigenvalue weighted by molar-refractivity contribution is 5.82. The number of ether oxygens (including phenoxy) is 1. The van der Waals surface area contributed by atoms with E-state index in [1.54, 1.807) is 0 Å². The Morgan fingerprint density at radius 1 is 1.39 bits per heavy atom. The van der Waals surface area contributed by atoms with Crippen LogP contribution in [0.3, 0.4) is 0 Å². The number of Topliss-reactive ketones (excluding diaryl/α,β-unsaturated/α-hetero) is 1. The minimum atomic E-state index is -0.974. The number of hydrogen-bond donors (Lipinski definition) is 1. The number of nitrogens with zero attached hydrogens (tertiary/aromatic N) is 1. The predicted octanol–water partition coefficient (Wildman–Crippen LogP) is 1.23. The lowest BCUT2D eigenvalue weighted by Gasteiger charge is -2.25. The summed E-state index contributed by atoms with van der Waals surface area (Å²) in [5.74, 6) is -0.618. The Morgan fingerprint density at radius 3 is 2.61 bits per heavy atom. The van der Waals surface area contributed by atoms with Gasteiger partial charge < -0.3 is 9.84 Å². The van der Waals surface area contributed by atoms with Gasteiger partial charge in [-0.25, -0.2) is 0 Å².